The van der Waals surface area contributed by atoms with E-state index in [4.69, 9.17) is 4.74 Å². The minimum absolute atomic E-state index is 0.0204. The molecule has 10 nitrogen and oxygen atoms in total. The summed E-state index contributed by atoms with van der Waals surface area (Å²) in [5, 5.41) is 6.29. The van der Waals surface area contributed by atoms with Gasteiger partial charge < -0.3 is 30.1 Å². The standard InChI is InChI=1S/C41H51N5O5/c1-29(2)51-37(47)18-22-42-40(50)41(30-11-5-4-6-12-30)21-17-33(32-13-7-9-15-35(32)41)39(49)46-23-19-31(20-24-46)43-38(48)34-14-8-10-16-36(34)45-27-25-44(3)26-28-45/h4-16,29,31,33H,17-28H2,1-3H3,(H,42,50)(H,43,48)/t33-,41+/m0/s1. The van der Waals surface area contributed by atoms with Gasteiger partial charge in [-0.2, -0.15) is 0 Å². The first-order valence-electron chi connectivity index (χ1n) is 18.4. The molecule has 0 spiro atoms. The Hall–Kier alpha value is -4.70. The number of anilines is 1. The number of likely N-dealkylation sites (N-methyl/N-ethyl adjacent to an activating group) is 1. The fourth-order valence-corrected chi connectivity index (χ4v) is 7.95. The van der Waals surface area contributed by atoms with Crippen LogP contribution in [0.2, 0.25) is 0 Å². The number of hydrogen-bond acceptors (Lipinski definition) is 7. The zero-order valence-electron chi connectivity index (χ0n) is 30.1. The molecule has 3 aromatic carbocycles. The highest BCUT2D eigenvalue weighted by atomic mass is 16.5. The number of rotatable bonds is 10. The maximum atomic E-state index is 14.2. The smallest absolute Gasteiger partial charge is 0.307 e. The minimum atomic E-state index is -1.01. The first-order valence-corrected chi connectivity index (χ1v) is 18.4. The number of nitrogens with zero attached hydrogens (tertiary/aromatic N) is 3. The molecule has 0 unspecified atom stereocenters. The monoisotopic (exact) mass is 693 g/mol. The molecule has 2 saturated heterocycles. The highest BCUT2D eigenvalue weighted by molar-refractivity contribution is 6.00. The van der Waals surface area contributed by atoms with E-state index in [1.54, 1.807) is 13.8 Å². The van der Waals surface area contributed by atoms with Crippen LogP contribution in [0.5, 0.6) is 0 Å². The largest absolute Gasteiger partial charge is 0.463 e. The third-order valence-electron chi connectivity index (χ3n) is 10.7. The average Bonchev–Trinajstić information content (AvgIpc) is 3.14. The fraction of sp³-hybridized carbons (Fsp3) is 0.463. The summed E-state index contributed by atoms with van der Waals surface area (Å²) < 4.78 is 5.26. The van der Waals surface area contributed by atoms with Gasteiger partial charge in [0.1, 0.15) is 0 Å². The van der Waals surface area contributed by atoms with Crippen molar-refractivity contribution in [3.05, 3.63) is 101 Å². The topological polar surface area (TPSA) is 111 Å². The molecular formula is C41H51N5O5. The Bertz CT molecular complexity index is 1700. The lowest BCUT2D eigenvalue weighted by Gasteiger charge is -2.42. The van der Waals surface area contributed by atoms with Crippen LogP contribution >= 0.6 is 0 Å². The lowest BCUT2D eigenvalue weighted by Crippen LogP contribution is -2.51. The van der Waals surface area contributed by atoms with Crippen molar-refractivity contribution in [3.63, 3.8) is 0 Å². The third-order valence-corrected chi connectivity index (χ3v) is 10.7. The summed E-state index contributed by atoms with van der Waals surface area (Å²) in [4.78, 5) is 60.7. The van der Waals surface area contributed by atoms with Crippen LogP contribution < -0.4 is 15.5 Å². The van der Waals surface area contributed by atoms with E-state index in [-0.39, 0.29) is 54.7 Å². The molecule has 2 fully saturated rings. The van der Waals surface area contributed by atoms with Crippen molar-refractivity contribution < 1.29 is 23.9 Å². The van der Waals surface area contributed by atoms with Crippen LogP contribution in [0.1, 0.15) is 78.9 Å². The number of esters is 1. The number of amides is 3. The first-order chi connectivity index (χ1) is 24.7. The zero-order valence-corrected chi connectivity index (χ0v) is 30.1. The van der Waals surface area contributed by atoms with E-state index < -0.39 is 5.41 Å². The van der Waals surface area contributed by atoms with Crippen LogP contribution in [-0.2, 0) is 24.5 Å². The second kappa shape index (κ2) is 16.1. The van der Waals surface area contributed by atoms with Crippen LogP contribution in [0.15, 0.2) is 78.9 Å². The molecule has 0 saturated carbocycles. The summed E-state index contributed by atoms with van der Waals surface area (Å²) in [6, 6.07) is 25.3. The molecule has 6 rings (SSSR count). The van der Waals surface area contributed by atoms with E-state index in [2.05, 4.69) is 27.5 Å². The first kappa shape index (κ1) is 36.1. The number of para-hydroxylation sites is 1. The molecule has 3 aromatic rings. The Morgan fingerprint density at radius 1 is 0.824 bits per heavy atom. The SMILES string of the molecule is CC(C)OC(=O)CCNC(=O)[C@@]1(c2ccccc2)CC[C@H](C(=O)N2CCC(NC(=O)c3ccccc3N3CCN(C)CC3)CC2)c2ccccc21. The van der Waals surface area contributed by atoms with E-state index in [9.17, 15) is 19.2 Å². The molecule has 2 atom stereocenters. The molecule has 0 radical (unpaired) electrons. The second-order valence-corrected chi connectivity index (χ2v) is 14.4. The number of piperidine rings is 1. The summed E-state index contributed by atoms with van der Waals surface area (Å²) in [6.07, 6.45) is 2.18. The second-order valence-electron chi connectivity index (χ2n) is 14.4. The molecule has 1 aliphatic carbocycles. The molecule has 270 valence electrons. The Balaban J connectivity index is 1.13. The van der Waals surface area contributed by atoms with Crippen LogP contribution in [0.4, 0.5) is 5.69 Å². The summed E-state index contributed by atoms with van der Waals surface area (Å²) in [5.41, 5.74) is 3.21. The highest BCUT2D eigenvalue weighted by Crippen LogP contribution is 2.48. The molecule has 2 aliphatic heterocycles. The summed E-state index contributed by atoms with van der Waals surface area (Å²) in [5.74, 6) is -0.926. The van der Waals surface area contributed by atoms with Gasteiger partial charge in [-0.25, -0.2) is 0 Å². The molecule has 2 N–H and O–H groups in total. The Morgan fingerprint density at radius 3 is 2.22 bits per heavy atom. The third kappa shape index (κ3) is 7.96. The number of carbonyl (C=O) groups is 4. The van der Waals surface area contributed by atoms with Crippen molar-refractivity contribution in [2.24, 2.45) is 0 Å². The number of hydrogen-bond donors (Lipinski definition) is 2. The van der Waals surface area contributed by atoms with Crippen molar-refractivity contribution in [2.75, 3.05) is 57.8 Å². The highest BCUT2D eigenvalue weighted by Gasteiger charge is 2.48. The normalized spacial score (nSPS) is 21.1. The lowest BCUT2D eigenvalue weighted by atomic mass is 9.62. The Morgan fingerprint density at radius 2 is 1.49 bits per heavy atom. The molecule has 3 amide bonds. The van der Waals surface area contributed by atoms with Crippen LogP contribution in [-0.4, -0.2) is 98.5 Å². The van der Waals surface area contributed by atoms with E-state index in [0.717, 1.165) is 48.6 Å². The van der Waals surface area contributed by atoms with Crippen LogP contribution in [0.25, 0.3) is 0 Å². The van der Waals surface area contributed by atoms with Gasteiger partial charge in [-0.05, 0) is 75.4 Å². The van der Waals surface area contributed by atoms with E-state index in [1.807, 2.05) is 83.8 Å². The molecule has 0 bridgehead atoms. The Kier molecular flexibility index (Phi) is 11.4. The number of fused-ring (bicyclic) bond motifs is 1. The van der Waals surface area contributed by atoms with E-state index >= 15 is 0 Å². The minimum Gasteiger partial charge on any atom is -0.463 e. The van der Waals surface area contributed by atoms with Crippen LogP contribution in [0, 0.1) is 0 Å². The van der Waals surface area contributed by atoms with Gasteiger partial charge >= 0.3 is 5.97 Å². The Labute approximate surface area is 301 Å². The predicted octanol–water partition coefficient (Wildman–Crippen LogP) is 4.48. The van der Waals surface area contributed by atoms with Crippen molar-refractivity contribution in [1.29, 1.82) is 0 Å². The van der Waals surface area contributed by atoms with Gasteiger partial charge in [-0.1, -0.05) is 66.7 Å². The maximum Gasteiger partial charge on any atom is 0.307 e. The van der Waals surface area contributed by atoms with Gasteiger partial charge in [0, 0.05) is 57.5 Å². The number of likely N-dealkylation sites (tertiary alicyclic amines) is 1. The lowest BCUT2D eigenvalue weighted by molar-refractivity contribution is -0.147. The fourth-order valence-electron chi connectivity index (χ4n) is 7.95. The van der Waals surface area contributed by atoms with Gasteiger partial charge in [-0.3, -0.25) is 19.2 Å². The molecular weight excluding hydrogens is 642 g/mol. The number of ether oxygens (including phenoxy) is 1. The predicted molar refractivity (Wildman–Crippen MR) is 198 cm³/mol. The van der Waals surface area contributed by atoms with Crippen molar-refractivity contribution in [1.82, 2.24) is 20.4 Å². The van der Waals surface area contributed by atoms with Gasteiger partial charge in [0.05, 0.1) is 29.4 Å². The molecule has 0 aromatic heterocycles. The summed E-state index contributed by atoms with van der Waals surface area (Å²) in [6.45, 7) is 8.57. The maximum absolute atomic E-state index is 14.2. The zero-order chi connectivity index (χ0) is 36.0. The van der Waals surface area contributed by atoms with Crippen molar-refractivity contribution in [3.8, 4) is 0 Å². The molecule has 51 heavy (non-hydrogen) atoms. The van der Waals surface area contributed by atoms with E-state index in [0.29, 0.717) is 44.3 Å². The van der Waals surface area contributed by atoms with Gasteiger partial charge in [0.15, 0.2) is 0 Å². The number of carbonyl (C=O) groups excluding carboxylic acids is 4. The summed E-state index contributed by atoms with van der Waals surface area (Å²) >= 11 is 0. The molecule has 2 heterocycles. The average molecular weight is 694 g/mol. The number of nitrogens with one attached hydrogen (secondary N) is 2. The number of benzene rings is 3. The van der Waals surface area contributed by atoms with Crippen LogP contribution in [0.3, 0.4) is 0 Å². The van der Waals surface area contributed by atoms with Gasteiger partial charge in [0.2, 0.25) is 11.8 Å². The van der Waals surface area contributed by atoms with Gasteiger partial charge in [-0.15, -0.1) is 0 Å². The van der Waals surface area contributed by atoms with Crippen molar-refractivity contribution in [2.45, 2.75) is 69.4 Å². The quantitative estimate of drug-likeness (QED) is 0.302. The molecule has 3 aliphatic rings. The van der Waals surface area contributed by atoms with Crippen molar-refractivity contribution >= 4 is 29.4 Å². The molecule has 10 heteroatoms. The summed E-state index contributed by atoms with van der Waals surface area (Å²) in [7, 11) is 2.12. The number of piperazine rings is 1. The van der Waals surface area contributed by atoms with E-state index in [1.165, 1.54) is 0 Å². The van der Waals surface area contributed by atoms with Gasteiger partial charge in [0.25, 0.3) is 5.91 Å².